The molecule has 2 aliphatic rings. The Kier molecular flexibility index (Phi) is 5.24. The van der Waals surface area contributed by atoms with Gasteiger partial charge in [0.2, 0.25) is 16.0 Å². The van der Waals surface area contributed by atoms with Crippen LogP contribution < -0.4 is 9.80 Å². The number of nitrogens with zero attached hydrogens (tertiary/aromatic N) is 5. The molecule has 8 heteroatoms. The topological polar surface area (TPSA) is 69.6 Å². The molecule has 0 aromatic carbocycles. The molecule has 0 saturated carbocycles. The maximum atomic E-state index is 12.2. The summed E-state index contributed by atoms with van der Waals surface area (Å²) in [6.45, 7) is 8.36. The lowest BCUT2D eigenvalue weighted by Gasteiger charge is -2.35. The van der Waals surface area contributed by atoms with E-state index in [1.807, 2.05) is 19.9 Å². The number of aryl methyl sites for hydroxylation is 1. The van der Waals surface area contributed by atoms with Crippen LogP contribution >= 0.6 is 0 Å². The summed E-state index contributed by atoms with van der Waals surface area (Å²) in [6.07, 6.45) is 3.05. The molecule has 0 aliphatic carbocycles. The Morgan fingerprint density at radius 3 is 2.29 bits per heavy atom. The fourth-order valence-electron chi connectivity index (χ4n) is 3.34. The summed E-state index contributed by atoms with van der Waals surface area (Å²) in [5.74, 6) is 1.96. The molecule has 1 aromatic rings. The molecule has 0 atom stereocenters. The van der Waals surface area contributed by atoms with E-state index in [0.29, 0.717) is 32.6 Å². The highest BCUT2D eigenvalue weighted by Gasteiger charge is 2.27. The third-order valence-corrected chi connectivity index (χ3v) is 6.71. The first-order chi connectivity index (χ1) is 11.5. The van der Waals surface area contributed by atoms with Gasteiger partial charge in [0, 0.05) is 51.0 Å². The van der Waals surface area contributed by atoms with E-state index in [1.165, 1.54) is 12.8 Å². The van der Waals surface area contributed by atoms with Crippen LogP contribution in [0.5, 0.6) is 0 Å². The molecule has 0 amide bonds. The van der Waals surface area contributed by atoms with Gasteiger partial charge in [0.15, 0.2) is 0 Å². The van der Waals surface area contributed by atoms with E-state index in [1.54, 1.807) is 4.31 Å². The minimum atomic E-state index is -3.10. The van der Waals surface area contributed by atoms with Crippen LogP contribution in [0.15, 0.2) is 6.07 Å². The second-order valence-electron chi connectivity index (χ2n) is 6.56. The van der Waals surface area contributed by atoms with E-state index in [9.17, 15) is 8.42 Å². The lowest BCUT2D eigenvalue weighted by Crippen LogP contribution is -2.49. The molecule has 3 rings (SSSR count). The number of hydrogen-bond donors (Lipinski definition) is 0. The van der Waals surface area contributed by atoms with Crippen LogP contribution in [-0.4, -0.2) is 67.7 Å². The highest BCUT2D eigenvalue weighted by Crippen LogP contribution is 2.22. The number of aromatic nitrogens is 2. The zero-order chi connectivity index (χ0) is 17.2. The van der Waals surface area contributed by atoms with Gasteiger partial charge in [0.05, 0.1) is 5.75 Å². The normalized spacial score (nSPS) is 19.9. The molecule has 0 spiro atoms. The zero-order valence-electron chi connectivity index (χ0n) is 14.6. The van der Waals surface area contributed by atoms with Crippen LogP contribution in [0.25, 0.3) is 0 Å². The van der Waals surface area contributed by atoms with Gasteiger partial charge in [0.25, 0.3) is 0 Å². The number of sulfonamides is 1. The monoisotopic (exact) mass is 353 g/mol. The van der Waals surface area contributed by atoms with Crippen molar-refractivity contribution in [2.45, 2.75) is 33.1 Å². The van der Waals surface area contributed by atoms with Crippen LogP contribution in [-0.2, 0) is 10.0 Å². The number of anilines is 2. The van der Waals surface area contributed by atoms with Crippen LogP contribution in [0, 0.1) is 6.92 Å². The largest absolute Gasteiger partial charge is 0.354 e. The molecule has 134 valence electrons. The van der Waals surface area contributed by atoms with Crippen LogP contribution in [0.3, 0.4) is 0 Å². The van der Waals surface area contributed by atoms with Crippen molar-refractivity contribution >= 4 is 21.8 Å². The van der Waals surface area contributed by atoms with Crippen molar-refractivity contribution in [1.82, 2.24) is 14.3 Å². The molecular formula is C16H27N5O2S. The van der Waals surface area contributed by atoms with E-state index in [-0.39, 0.29) is 5.75 Å². The van der Waals surface area contributed by atoms with Crippen molar-refractivity contribution in [3.8, 4) is 0 Å². The summed E-state index contributed by atoms with van der Waals surface area (Å²) in [6, 6.07) is 2.00. The Balaban J connectivity index is 1.70. The van der Waals surface area contributed by atoms with Gasteiger partial charge in [-0.1, -0.05) is 6.92 Å². The Morgan fingerprint density at radius 1 is 1.00 bits per heavy atom. The average Bonchev–Trinajstić information content (AvgIpc) is 3.09. The molecule has 0 bridgehead atoms. The van der Waals surface area contributed by atoms with Gasteiger partial charge in [-0.25, -0.2) is 13.4 Å². The van der Waals surface area contributed by atoms with E-state index >= 15 is 0 Å². The van der Waals surface area contributed by atoms with Crippen LogP contribution in [0.4, 0.5) is 11.8 Å². The van der Waals surface area contributed by atoms with Crippen molar-refractivity contribution < 1.29 is 8.42 Å². The van der Waals surface area contributed by atoms with Crippen molar-refractivity contribution in [2.24, 2.45) is 0 Å². The minimum Gasteiger partial charge on any atom is -0.354 e. The summed E-state index contributed by atoms with van der Waals surface area (Å²) in [5, 5.41) is 0. The first-order valence-corrected chi connectivity index (χ1v) is 10.4. The molecule has 2 aliphatic heterocycles. The van der Waals surface area contributed by atoms with Crippen molar-refractivity contribution in [3.63, 3.8) is 0 Å². The third-order valence-electron chi connectivity index (χ3n) is 4.64. The van der Waals surface area contributed by atoms with Gasteiger partial charge >= 0.3 is 0 Å². The van der Waals surface area contributed by atoms with Gasteiger partial charge < -0.3 is 9.80 Å². The van der Waals surface area contributed by atoms with Crippen molar-refractivity contribution in [2.75, 3.05) is 54.8 Å². The highest BCUT2D eigenvalue weighted by atomic mass is 32.2. The summed E-state index contributed by atoms with van der Waals surface area (Å²) in [4.78, 5) is 13.7. The molecule has 0 N–H and O–H groups in total. The molecular weight excluding hydrogens is 326 g/mol. The SMILES string of the molecule is CCCS(=O)(=O)N1CCN(c2cc(C)nc(N3CCCC3)n2)CC1. The predicted octanol–water partition coefficient (Wildman–Crippen LogP) is 1.25. The first kappa shape index (κ1) is 17.4. The van der Waals surface area contributed by atoms with E-state index in [0.717, 1.165) is 30.5 Å². The van der Waals surface area contributed by atoms with Gasteiger partial charge in [-0.15, -0.1) is 0 Å². The zero-order valence-corrected chi connectivity index (χ0v) is 15.4. The Morgan fingerprint density at radius 2 is 1.67 bits per heavy atom. The van der Waals surface area contributed by atoms with E-state index in [2.05, 4.69) is 14.8 Å². The predicted molar refractivity (Wildman–Crippen MR) is 96.1 cm³/mol. The Hall–Kier alpha value is -1.41. The lowest BCUT2D eigenvalue weighted by molar-refractivity contribution is 0.383. The van der Waals surface area contributed by atoms with Crippen LogP contribution in [0.2, 0.25) is 0 Å². The van der Waals surface area contributed by atoms with Gasteiger partial charge in [-0.2, -0.15) is 9.29 Å². The van der Waals surface area contributed by atoms with Gasteiger partial charge in [0.1, 0.15) is 5.82 Å². The maximum Gasteiger partial charge on any atom is 0.227 e. The van der Waals surface area contributed by atoms with Crippen LogP contribution in [0.1, 0.15) is 31.9 Å². The standard InChI is InChI=1S/C16H27N5O2S/c1-3-12-24(22,23)21-10-8-19(9-11-21)15-13-14(2)17-16(18-15)20-6-4-5-7-20/h13H,3-12H2,1-2H3. The molecule has 2 fully saturated rings. The maximum absolute atomic E-state index is 12.2. The second-order valence-corrected chi connectivity index (χ2v) is 8.65. The number of piperazine rings is 1. The third kappa shape index (κ3) is 3.80. The van der Waals surface area contributed by atoms with E-state index in [4.69, 9.17) is 4.98 Å². The Labute approximate surface area is 144 Å². The fraction of sp³-hybridized carbons (Fsp3) is 0.750. The van der Waals surface area contributed by atoms with Gasteiger partial charge in [-0.3, -0.25) is 0 Å². The summed E-state index contributed by atoms with van der Waals surface area (Å²) in [7, 11) is -3.10. The Bertz CT molecular complexity index is 665. The molecule has 0 unspecified atom stereocenters. The second kappa shape index (κ2) is 7.23. The molecule has 3 heterocycles. The summed E-state index contributed by atoms with van der Waals surface area (Å²) >= 11 is 0. The summed E-state index contributed by atoms with van der Waals surface area (Å²) < 4.78 is 26.0. The van der Waals surface area contributed by atoms with Crippen molar-refractivity contribution in [3.05, 3.63) is 11.8 Å². The number of hydrogen-bond acceptors (Lipinski definition) is 6. The van der Waals surface area contributed by atoms with Crippen molar-refractivity contribution in [1.29, 1.82) is 0 Å². The van der Waals surface area contributed by atoms with E-state index < -0.39 is 10.0 Å². The quantitative estimate of drug-likeness (QED) is 0.793. The number of rotatable bonds is 5. The molecule has 0 radical (unpaired) electrons. The first-order valence-electron chi connectivity index (χ1n) is 8.83. The lowest BCUT2D eigenvalue weighted by atomic mass is 10.3. The molecule has 24 heavy (non-hydrogen) atoms. The smallest absolute Gasteiger partial charge is 0.227 e. The average molecular weight is 353 g/mol. The summed E-state index contributed by atoms with van der Waals surface area (Å²) in [5.41, 5.74) is 0.961. The minimum absolute atomic E-state index is 0.235. The fourth-order valence-corrected chi connectivity index (χ4v) is 4.83. The van der Waals surface area contributed by atoms with Gasteiger partial charge in [-0.05, 0) is 26.2 Å². The highest BCUT2D eigenvalue weighted by molar-refractivity contribution is 7.89. The molecule has 1 aromatic heterocycles. The molecule has 2 saturated heterocycles. The molecule has 7 nitrogen and oxygen atoms in total.